The Morgan fingerprint density at radius 1 is 1.11 bits per heavy atom. The largest absolute Gasteiger partial charge is 0.493 e. The van der Waals surface area contributed by atoms with E-state index < -0.39 is 0 Å². The van der Waals surface area contributed by atoms with Gasteiger partial charge in [0.25, 0.3) is 5.91 Å². The molecule has 0 unspecified atom stereocenters. The highest BCUT2D eigenvalue weighted by molar-refractivity contribution is 5.94. The molecule has 0 atom stereocenters. The second-order valence-corrected chi connectivity index (χ2v) is 8.58. The maximum absolute atomic E-state index is 12.7. The van der Waals surface area contributed by atoms with Gasteiger partial charge in [0.15, 0.2) is 17.2 Å². The Morgan fingerprint density at radius 2 is 1.89 bits per heavy atom. The van der Waals surface area contributed by atoms with Crippen LogP contribution >= 0.6 is 0 Å². The fourth-order valence-corrected chi connectivity index (χ4v) is 4.00. The SMILES string of the molecule is COc1cc(-c2ncc(C(=O)N3CCOCC3)cn2)cc2cc(CNC(=O)/C=C/c3ccc(N)nc3)oc12. The molecule has 0 bridgehead atoms. The molecule has 38 heavy (non-hydrogen) atoms. The van der Waals surface area contributed by atoms with Crippen LogP contribution in [-0.4, -0.2) is 65.1 Å². The summed E-state index contributed by atoms with van der Waals surface area (Å²) in [7, 11) is 1.55. The first-order chi connectivity index (χ1) is 18.5. The number of pyridine rings is 1. The third-order valence-electron chi connectivity index (χ3n) is 5.98. The van der Waals surface area contributed by atoms with Crippen LogP contribution in [0.5, 0.6) is 5.75 Å². The number of nitrogen functional groups attached to an aromatic ring is 1. The van der Waals surface area contributed by atoms with Crippen LogP contribution in [0.1, 0.15) is 21.7 Å². The number of nitrogens with zero attached hydrogens (tertiary/aromatic N) is 4. The van der Waals surface area contributed by atoms with Crippen LogP contribution in [0, 0.1) is 0 Å². The van der Waals surface area contributed by atoms with Gasteiger partial charge >= 0.3 is 0 Å². The Morgan fingerprint density at radius 3 is 2.61 bits per heavy atom. The number of fused-ring (bicyclic) bond motifs is 1. The lowest BCUT2D eigenvalue weighted by atomic mass is 10.1. The monoisotopic (exact) mass is 514 g/mol. The van der Waals surface area contributed by atoms with Crippen molar-refractivity contribution in [3.8, 4) is 17.1 Å². The van der Waals surface area contributed by atoms with E-state index in [-0.39, 0.29) is 18.4 Å². The summed E-state index contributed by atoms with van der Waals surface area (Å²) in [5.41, 5.74) is 8.01. The zero-order chi connectivity index (χ0) is 26.5. The number of hydrogen-bond donors (Lipinski definition) is 2. The maximum Gasteiger partial charge on any atom is 0.257 e. The van der Waals surface area contributed by atoms with Gasteiger partial charge < -0.3 is 29.8 Å². The van der Waals surface area contributed by atoms with Gasteiger partial charge in [0.05, 0.1) is 32.4 Å². The quantitative estimate of drug-likeness (QED) is 0.355. The average Bonchev–Trinajstić information content (AvgIpc) is 3.38. The van der Waals surface area contributed by atoms with Crippen LogP contribution in [0.3, 0.4) is 0 Å². The number of ether oxygens (including phenoxy) is 2. The van der Waals surface area contributed by atoms with Crippen molar-refractivity contribution in [1.29, 1.82) is 0 Å². The van der Waals surface area contributed by atoms with E-state index in [9.17, 15) is 9.59 Å². The highest BCUT2D eigenvalue weighted by Gasteiger charge is 2.20. The Bertz CT molecular complexity index is 1470. The Balaban J connectivity index is 1.29. The molecule has 11 nitrogen and oxygen atoms in total. The molecule has 3 N–H and O–H groups in total. The standard InChI is InChI=1S/C27H26N6O5/c1-36-22-12-19(26-31-14-20(15-32-26)27(35)33-6-8-37-9-7-33)10-18-11-21(38-25(18)22)16-30-24(34)5-3-17-2-4-23(28)29-13-17/h2-5,10-15H,6-9,16H2,1H3,(H2,28,29)(H,30,34)/b5-3+. The molecular formula is C27H26N6O5. The molecule has 1 saturated heterocycles. The Labute approximate surface area is 218 Å². The number of nitrogens with one attached hydrogen (secondary N) is 1. The molecule has 3 aromatic heterocycles. The van der Waals surface area contributed by atoms with E-state index in [0.29, 0.717) is 66.2 Å². The number of benzene rings is 1. The van der Waals surface area contributed by atoms with Crippen LogP contribution < -0.4 is 15.8 Å². The van der Waals surface area contributed by atoms with Crippen molar-refractivity contribution in [1.82, 2.24) is 25.2 Å². The molecule has 194 valence electrons. The average molecular weight is 515 g/mol. The predicted octanol–water partition coefficient (Wildman–Crippen LogP) is 2.68. The number of hydrogen-bond acceptors (Lipinski definition) is 9. The first kappa shape index (κ1) is 24.9. The third kappa shape index (κ3) is 5.62. The number of furan rings is 1. The number of morpholine rings is 1. The molecule has 1 aromatic carbocycles. The van der Waals surface area contributed by atoms with E-state index in [1.807, 2.05) is 12.1 Å². The highest BCUT2D eigenvalue weighted by atomic mass is 16.5. The van der Waals surface area contributed by atoms with Crippen LogP contribution in [0.4, 0.5) is 5.82 Å². The molecule has 2 amide bonds. The van der Waals surface area contributed by atoms with E-state index in [1.165, 1.54) is 18.5 Å². The lowest BCUT2D eigenvalue weighted by molar-refractivity contribution is -0.116. The minimum atomic E-state index is -0.282. The lowest BCUT2D eigenvalue weighted by Crippen LogP contribution is -2.40. The number of amides is 2. The van der Waals surface area contributed by atoms with E-state index in [1.54, 1.807) is 42.5 Å². The minimum absolute atomic E-state index is 0.116. The number of methoxy groups -OCH3 is 1. The maximum atomic E-state index is 12.7. The number of anilines is 1. The second kappa shape index (κ2) is 11.1. The zero-order valence-electron chi connectivity index (χ0n) is 20.7. The number of nitrogens with two attached hydrogens (primary N) is 1. The van der Waals surface area contributed by atoms with Crippen molar-refractivity contribution in [2.24, 2.45) is 0 Å². The molecule has 0 radical (unpaired) electrons. The molecular weight excluding hydrogens is 488 g/mol. The van der Waals surface area contributed by atoms with Gasteiger partial charge in [-0.05, 0) is 42.0 Å². The number of rotatable bonds is 7. The molecule has 0 aliphatic carbocycles. The summed E-state index contributed by atoms with van der Waals surface area (Å²) in [5, 5.41) is 3.56. The van der Waals surface area contributed by atoms with Gasteiger partial charge in [0.2, 0.25) is 5.91 Å². The van der Waals surface area contributed by atoms with Gasteiger partial charge in [-0.15, -0.1) is 0 Å². The number of carbonyl (C=O) groups excluding carboxylic acids is 2. The van der Waals surface area contributed by atoms with Crippen molar-refractivity contribution in [2.45, 2.75) is 6.54 Å². The van der Waals surface area contributed by atoms with Gasteiger partial charge in [-0.2, -0.15) is 0 Å². The summed E-state index contributed by atoms with van der Waals surface area (Å²) in [5.74, 6) is 1.52. The normalized spacial score (nSPS) is 13.7. The fourth-order valence-electron chi connectivity index (χ4n) is 4.00. The topological polar surface area (TPSA) is 146 Å². The smallest absolute Gasteiger partial charge is 0.257 e. The van der Waals surface area contributed by atoms with Crippen molar-refractivity contribution in [3.63, 3.8) is 0 Å². The molecule has 0 spiro atoms. The highest BCUT2D eigenvalue weighted by Crippen LogP contribution is 2.33. The molecule has 11 heteroatoms. The molecule has 4 aromatic rings. The first-order valence-electron chi connectivity index (χ1n) is 12.0. The van der Waals surface area contributed by atoms with Crippen molar-refractivity contribution >= 4 is 34.7 Å². The molecule has 5 rings (SSSR count). The lowest BCUT2D eigenvalue weighted by Gasteiger charge is -2.26. The summed E-state index contributed by atoms with van der Waals surface area (Å²) in [6.07, 6.45) is 7.71. The first-order valence-corrected chi connectivity index (χ1v) is 12.0. The summed E-state index contributed by atoms with van der Waals surface area (Å²) in [4.78, 5) is 39.5. The molecule has 0 saturated carbocycles. The van der Waals surface area contributed by atoms with Crippen molar-refractivity contribution in [2.75, 3.05) is 39.1 Å². The number of carbonyl (C=O) groups is 2. The molecule has 1 aliphatic rings. The summed E-state index contributed by atoms with van der Waals surface area (Å²) < 4.78 is 16.8. The Kier molecular flexibility index (Phi) is 7.27. The molecule has 4 heterocycles. The minimum Gasteiger partial charge on any atom is -0.493 e. The third-order valence-corrected chi connectivity index (χ3v) is 5.98. The molecule has 1 fully saturated rings. The Hall–Kier alpha value is -4.77. The van der Waals surface area contributed by atoms with Crippen LogP contribution in [0.25, 0.3) is 28.4 Å². The van der Waals surface area contributed by atoms with E-state index in [4.69, 9.17) is 19.6 Å². The van der Waals surface area contributed by atoms with Crippen LogP contribution in [0.2, 0.25) is 0 Å². The van der Waals surface area contributed by atoms with Gasteiger partial charge in [0.1, 0.15) is 11.6 Å². The van der Waals surface area contributed by atoms with Crippen LogP contribution in [-0.2, 0) is 16.1 Å². The zero-order valence-corrected chi connectivity index (χ0v) is 20.7. The van der Waals surface area contributed by atoms with Crippen molar-refractivity contribution < 1.29 is 23.5 Å². The van der Waals surface area contributed by atoms with Gasteiger partial charge in [0, 0.05) is 48.7 Å². The fraction of sp³-hybridized carbons (Fsp3) is 0.222. The van der Waals surface area contributed by atoms with E-state index in [0.717, 1.165) is 10.9 Å². The van der Waals surface area contributed by atoms with E-state index >= 15 is 0 Å². The van der Waals surface area contributed by atoms with Crippen molar-refractivity contribution in [3.05, 3.63) is 71.9 Å². The van der Waals surface area contributed by atoms with E-state index in [2.05, 4.69) is 20.3 Å². The summed E-state index contributed by atoms with van der Waals surface area (Å²) in [6.45, 7) is 2.34. The summed E-state index contributed by atoms with van der Waals surface area (Å²) in [6, 6.07) is 8.91. The van der Waals surface area contributed by atoms with Gasteiger partial charge in [-0.3, -0.25) is 9.59 Å². The predicted molar refractivity (Wildman–Crippen MR) is 140 cm³/mol. The summed E-state index contributed by atoms with van der Waals surface area (Å²) >= 11 is 0. The van der Waals surface area contributed by atoms with Crippen LogP contribution in [0.15, 0.2) is 59.4 Å². The van der Waals surface area contributed by atoms with Gasteiger partial charge in [-0.1, -0.05) is 0 Å². The molecule has 1 aliphatic heterocycles. The van der Waals surface area contributed by atoms with Gasteiger partial charge in [-0.25, -0.2) is 15.0 Å². The second-order valence-electron chi connectivity index (χ2n) is 8.58. The number of aromatic nitrogens is 3.